The van der Waals surface area contributed by atoms with E-state index in [9.17, 15) is 0 Å². The predicted octanol–water partition coefficient (Wildman–Crippen LogP) is 1.82. The van der Waals surface area contributed by atoms with E-state index in [1.165, 1.54) is 25.9 Å². The van der Waals surface area contributed by atoms with Gasteiger partial charge in [0.05, 0.1) is 5.69 Å². The van der Waals surface area contributed by atoms with Crippen LogP contribution >= 0.6 is 11.6 Å². The summed E-state index contributed by atoms with van der Waals surface area (Å²) < 4.78 is 0. The molecule has 1 aromatic heterocycles. The lowest BCUT2D eigenvalue weighted by Gasteiger charge is -2.15. The largest absolute Gasteiger partial charge is 0.396 e. The SMILES string of the molecule is Nc1ccc(Cl)nc1NCCN1CCCC1. The summed E-state index contributed by atoms with van der Waals surface area (Å²) in [6, 6.07) is 3.47. The highest BCUT2D eigenvalue weighted by Crippen LogP contribution is 2.18. The number of pyridine rings is 1. The molecule has 5 heteroatoms. The van der Waals surface area contributed by atoms with Gasteiger partial charge in [-0.3, -0.25) is 0 Å². The van der Waals surface area contributed by atoms with Gasteiger partial charge < -0.3 is 16.0 Å². The second kappa shape index (κ2) is 5.37. The fraction of sp³-hybridized carbons (Fsp3) is 0.545. The smallest absolute Gasteiger partial charge is 0.151 e. The summed E-state index contributed by atoms with van der Waals surface area (Å²) >= 11 is 5.81. The second-order valence-corrected chi connectivity index (χ2v) is 4.43. The van der Waals surface area contributed by atoms with Gasteiger partial charge in [-0.25, -0.2) is 4.98 Å². The highest BCUT2D eigenvalue weighted by atomic mass is 35.5. The van der Waals surface area contributed by atoms with E-state index in [-0.39, 0.29) is 0 Å². The van der Waals surface area contributed by atoms with Crippen LogP contribution in [-0.2, 0) is 0 Å². The van der Waals surface area contributed by atoms with Crippen molar-refractivity contribution in [2.24, 2.45) is 0 Å². The molecule has 0 atom stereocenters. The Morgan fingerprint density at radius 2 is 2.12 bits per heavy atom. The van der Waals surface area contributed by atoms with Crippen molar-refractivity contribution in [2.45, 2.75) is 12.8 Å². The van der Waals surface area contributed by atoms with Crippen LogP contribution in [0.2, 0.25) is 5.15 Å². The fourth-order valence-electron chi connectivity index (χ4n) is 1.93. The van der Waals surface area contributed by atoms with Gasteiger partial charge in [-0.2, -0.15) is 0 Å². The Balaban J connectivity index is 1.82. The molecule has 3 N–H and O–H groups in total. The lowest BCUT2D eigenvalue weighted by atomic mass is 10.4. The van der Waals surface area contributed by atoms with Crippen molar-refractivity contribution in [3.8, 4) is 0 Å². The molecule has 1 aliphatic heterocycles. The predicted molar refractivity (Wildman–Crippen MR) is 67.8 cm³/mol. The van der Waals surface area contributed by atoms with Crippen molar-refractivity contribution in [1.82, 2.24) is 9.88 Å². The van der Waals surface area contributed by atoms with Crippen LogP contribution in [0.25, 0.3) is 0 Å². The van der Waals surface area contributed by atoms with Crippen LogP contribution in [-0.4, -0.2) is 36.1 Å². The molecule has 1 fully saturated rings. The van der Waals surface area contributed by atoms with E-state index < -0.39 is 0 Å². The van der Waals surface area contributed by atoms with E-state index in [0.717, 1.165) is 13.1 Å². The Kier molecular flexibility index (Phi) is 3.85. The number of rotatable bonds is 4. The number of likely N-dealkylation sites (tertiary alicyclic amines) is 1. The molecule has 1 aliphatic rings. The fourth-order valence-corrected chi connectivity index (χ4v) is 2.07. The molecule has 88 valence electrons. The first-order chi connectivity index (χ1) is 7.75. The summed E-state index contributed by atoms with van der Waals surface area (Å²) in [5, 5.41) is 3.69. The second-order valence-electron chi connectivity index (χ2n) is 4.05. The number of nitrogens with zero attached hydrogens (tertiary/aromatic N) is 2. The number of nitrogen functional groups attached to an aromatic ring is 1. The van der Waals surface area contributed by atoms with Gasteiger partial charge in [0.1, 0.15) is 5.15 Å². The molecule has 16 heavy (non-hydrogen) atoms. The van der Waals surface area contributed by atoms with Crippen molar-refractivity contribution >= 4 is 23.1 Å². The lowest BCUT2D eigenvalue weighted by Crippen LogP contribution is -2.26. The van der Waals surface area contributed by atoms with Gasteiger partial charge in [0.15, 0.2) is 5.82 Å². The maximum absolute atomic E-state index is 5.81. The van der Waals surface area contributed by atoms with E-state index in [1.54, 1.807) is 12.1 Å². The van der Waals surface area contributed by atoms with Crippen molar-refractivity contribution in [3.63, 3.8) is 0 Å². The summed E-state index contributed by atoms with van der Waals surface area (Å²) in [6.07, 6.45) is 2.63. The maximum atomic E-state index is 5.81. The molecule has 0 spiro atoms. The molecule has 0 amide bonds. The third-order valence-electron chi connectivity index (χ3n) is 2.81. The number of nitrogens with one attached hydrogen (secondary N) is 1. The van der Waals surface area contributed by atoms with Gasteiger partial charge in [0, 0.05) is 13.1 Å². The third-order valence-corrected chi connectivity index (χ3v) is 3.02. The van der Waals surface area contributed by atoms with Crippen molar-refractivity contribution in [2.75, 3.05) is 37.2 Å². The average Bonchev–Trinajstić information content (AvgIpc) is 2.76. The zero-order valence-electron chi connectivity index (χ0n) is 9.25. The number of aromatic nitrogens is 1. The van der Waals surface area contributed by atoms with Gasteiger partial charge in [0.25, 0.3) is 0 Å². The molecule has 0 radical (unpaired) electrons. The van der Waals surface area contributed by atoms with Gasteiger partial charge in [0.2, 0.25) is 0 Å². The lowest BCUT2D eigenvalue weighted by molar-refractivity contribution is 0.352. The molecule has 4 nitrogen and oxygen atoms in total. The molecule has 2 rings (SSSR count). The number of anilines is 2. The van der Waals surface area contributed by atoms with Gasteiger partial charge in [-0.1, -0.05) is 11.6 Å². The molecular weight excluding hydrogens is 224 g/mol. The number of nitrogens with two attached hydrogens (primary N) is 1. The summed E-state index contributed by atoms with van der Waals surface area (Å²) in [6.45, 7) is 4.31. The van der Waals surface area contributed by atoms with Crippen LogP contribution in [0.1, 0.15) is 12.8 Å². The molecule has 0 aromatic carbocycles. The molecule has 0 bridgehead atoms. The topological polar surface area (TPSA) is 54.2 Å². The standard InChI is InChI=1S/C11H17ClN4/c12-10-4-3-9(13)11(15-10)14-5-8-16-6-1-2-7-16/h3-4H,1-2,5-8,13H2,(H,14,15). The van der Waals surface area contributed by atoms with Crippen molar-refractivity contribution in [3.05, 3.63) is 17.3 Å². The molecular formula is C11H17ClN4. The van der Waals surface area contributed by atoms with Crippen LogP contribution < -0.4 is 11.1 Å². The highest BCUT2D eigenvalue weighted by Gasteiger charge is 2.10. The molecule has 1 aromatic rings. The van der Waals surface area contributed by atoms with E-state index in [4.69, 9.17) is 17.3 Å². The van der Waals surface area contributed by atoms with E-state index >= 15 is 0 Å². The molecule has 1 saturated heterocycles. The Morgan fingerprint density at radius 3 is 2.88 bits per heavy atom. The van der Waals surface area contributed by atoms with E-state index in [2.05, 4.69) is 15.2 Å². The summed E-state index contributed by atoms with van der Waals surface area (Å²) in [4.78, 5) is 6.59. The Morgan fingerprint density at radius 1 is 1.38 bits per heavy atom. The Bertz CT molecular complexity index is 350. The first-order valence-corrected chi connectivity index (χ1v) is 6.02. The minimum Gasteiger partial charge on any atom is -0.396 e. The minimum absolute atomic E-state index is 0.470. The van der Waals surface area contributed by atoms with E-state index in [1.807, 2.05) is 0 Å². The number of hydrogen-bond donors (Lipinski definition) is 2. The molecule has 0 aliphatic carbocycles. The Hall–Kier alpha value is -1.00. The van der Waals surface area contributed by atoms with Crippen molar-refractivity contribution < 1.29 is 0 Å². The summed E-state index contributed by atoms with van der Waals surface area (Å²) in [5.74, 6) is 0.687. The first-order valence-electron chi connectivity index (χ1n) is 5.64. The van der Waals surface area contributed by atoms with Crippen LogP contribution in [0.15, 0.2) is 12.1 Å². The minimum atomic E-state index is 0.470. The van der Waals surface area contributed by atoms with Gasteiger partial charge in [-0.05, 0) is 38.1 Å². The van der Waals surface area contributed by atoms with Gasteiger partial charge >= 0.3 is 0 Å². The van der Waals surface area contributed by atoms with Crippen LogP contribution in [0.5, 0.6) is 0 Å². The van der Waals surface area contributed by atoms with Crippen LogP contribution in [0.3, 0.4) is 0 Å². The van der Waals surface area contributed by atoms with Crippen molar-refractivity contribution in [1.29, 1.82) is 0 Å². The number of halogens is 1. The third kappa shape index (κ3) is 3.00. The number of hydrogen-bond acceptors (Lipinski definition) is 4. The van der Waals surface area contributed by atoms with Crippen LogP contribution in [0.4, 0.5) is 11.5 Å². The zero-order valence-corrected chi connectivity index (χ0v) is 10.0. The highest BCUT2D eigenvalue weighted by molar-refractivity contribution is 6.29. The molecule has 2 heterocycles. The summed E-state index contributed by atoms with van der Waals surface area (Å²) in [7, 11) is 0. The normalized spacial score (nSPS) is 16.6. The monoisotopic (exact) mass is 240 g/mol. The maximum Gasteiger partial charge on any atom is 0.151 e. The van der Waals surface area contributed by atoms with Crippen LogP contribution in [0, 0.1) is 0 Å². The zero-order chi connectivity index (χ0) is 11.4. The quantitative estimate of drug-likeness (QED) is 0.789. The molecule has 0 unspecified atom stereocenters. The Labute approximate surface area is 101 Å². The van der Waals surface area contributed by atoms with E-state index in [0.29, 0.717) is 16.7 Å². The molecule has 0 saturated carbocycles. The van der Waals surface area contributed by atoms with Gasteiger partial charge in [-0.15, -0.1) is 0 Å². The first kappa shape index (κ1) is 11.5. The summed E-state index contributed by atoms with van der Waals surface area (Å²) in [5.41, 5.74) is 6.43. The average molecular weight is 241 g/mol.